The molecular weight excluding hydrogens is 356 g/mol. The lowest BCUT2D eigenvalue weighted by Crippen LogP contribution is -1.93. The number of rotatable bonds is 24. The van der Waals surface area contributed by atoms with E-state index in [1.165, 1.54) is 135 Å². The van der Waals surface area contributed by atoms with Gasteiger partial charge in [0.15, 0.2) is 0 Å². The molecule has 0 bridgehead atoms. The first kappa shape index (κ1) is 30.7. The molecule has 2 nitrogen and oxygen atoms in total. The van der Waals surface area contributed by atoms with E-state index >= 15 is 0 Å². The van der Waals surface area contributed by atoms with Crippen molar-refractivity contribution in [1.29, 1.82) is 0 Å². The van der Waals surface area contributed by atoms with Gasteiger partial charge in [0.2, 0.25) is 0 Å². The van der Waals surface area contributed by atoms with Gasteiger partial charge in [0.1, 0.15) is 0 Å². The van der Waals surface area contributed by atoms with Crippen LogP contribution in [0, 0.1) is 7.43 Å². The summed E-state index contributed by atoms with van der Waals surface area (Å²) in [5.41, 5.74) is 0. The Bertz CT molecular complexity index is 301. The number of hydrogen-bond acceptors (Lipinski definition) is 1. The zero-order valence-electron chi connectivity index (χ0n) is 19.8. The molecule has 0 rings (SSSR count). The summed E-state index contributed by atoms with van der Waals surface area (Å²) >= 11 is 0. The van der Waals surface area contributed by atoms with E-state index < -0.39 is 5.97 Å². The van der Waals surface area contributed by atoms with Gasteiger partial charge < -0.3 is 5.11 Å². The summed E-state index contributed by atoms with van der Waals surface area (Å²) in [7, 11) is 0. The number of carbonyl (C=O) groups is 1. The first-order chi connectivity index (χ1) is 13.8. The fourth-order valence-electron chi connectivity index (χ4n) is 4.06. The predicted octanol–water partition coefficient (Wildman–Crippen LogP) is 9.53. The lowest BCUT2D eigenvalue weighted by molar-refractivity contribution is -0.137. The van der Waals surface area contributed by atoms with Crippen molar-refractivity contribution in [1.82, 2.24) is 0 Å². The molecule has 0 aliphatic heterocycles. The van der Waals surface area contributed by atoms with Crippen LogP contribution in [-0.4, -0.2) is 11.1 Å². The van der Waals surface area contributed by atoms with Crippen molar-refractivity contribution in [2.45, 2.75) is 161 Å². The predicted molar refractivity (Wildman–Crippen MR) is 127 cm³/mol. The van der Waals surface area contributed by atoms with Crippen LogP contribution in [0.5, 0.6) is 0 Å². The van der Waals surface area contributed by atoms with E-state index in [0.717, 1.165) is 12.8 Å². The van der Waals surface area contributed by atoms with Crippen molar-refractivity contribution in [3.8, 4) is 0 Å². The fraction of sp³-hybridized carbons (Fsp3) is 0.926. The Morgan fingerprint density at radius 1 is 0.448 bits per heavy atom. The summed E-state index contributed by atoms with van der Waals surface area (Å²) in [6, 6.07) is 0. The highest BCUT2D eigenvalue weighted by Gasteiger charge is 1.97. The number of aliphatic carboxylic acids is 1. The fourth-order valence-corrected chi connectivity index (χ4v) is 4.06. The van der Waals surface area contributed by atoms with Gasteiger partial charge in [-0.15, -0.1) is 0 Å². The third kappa shape index (κ3) is 29.8. The zero-order valence-corrected chi connectivity index (χ0v) is 19.8. The second kappa shape index (κ2) is 27.5. The maximum Gasteiger partial charge on any atom is 0.303 e. The number of hydrogen-bond donors (Lipinski definition) is 1. The third-order valence-electron chi connectivity index (χ3n) is 5.99. The minimum Gasteiger partial charge on any atom is -0.481 e. The van der Waals surface area contributed by atoms with Gasteiger partial charge in [0.25, 0.3) is 0 Å². The monoisotopic (exact) mass is 408 g/mol. The smallest absolute Gasteiger partial charge is 0.303 e. The van der Waals surface area contributed by atoms with Crippen LogP contribution in [0.3, 0.4) is 0 Å². The largest absolute Gasteiger partial charge is 0.481 e. The summed E-state index contributed by atoms with van der Waals surface area (Å²) in [5.74, 6) is -0.650. The van der Waals surface area contributed by atoms with Crippen molar-refractivity contribution in [3.63, 3.8) is 0 Å². The van der Waals surface area contributed by atoms with Crippen LogP contribution >= 0.6 is 0 Å². The first-order valence-electron chi connectivity index (χ1n) is 13.0. The quantitative estimate of drug-likeness (QED) is 0.161. The van der Waals surface area contributed by atoms with Crippen LogP contribution in [0.2, 0.25) is 0 Å². The topological polar surface area (TPSA) is 37.3 Å². The zero-order chi connectivity index (χ0) is 20.5. The molecule has 0 aromatic heterocycles. The van der Waals surface area contributed by atoms with Gasteiger partial charge in [-0.2, -0.15) is 0 Å². The number of carboxylic acids is 1. The normalized spacial score (nSPS) is 10.8. The van der Waals surface area contributed by atoms with E-state index in [4.69, 9.17) is 5.11 Å². The highest BCUT2D eigenvalue weighted by atomic mass is 16.4. The molecule has 0 aromatic carbocycles. The Kier molecular flexibility index (Phi) is 29.0. The van der Waals surface area contributed by atoms with Gasteiger partial charge in [-0.1, -0.05) is 148 Å². The molecule has 0 atom stereocenters. The van der Waals surface area contributed by atoms with E-state index in [1.54, 1.807) is 0 Å². The van der Waals surface area contributed by atoms with Gasteiger partial charge in [-0.25, -0.2) is 0 Å². The lowest BCUT2D eigenvalue weighted by atomic mass is 10.0. The number of unbranched alkanes of at least 4 members (excludes halogenated alkanes) is 22. The van der Waals surface area contributed by atoms with Gasteiger partial charge in [-0.05, 0) is 6.42 Å². The van der Waals surface area contributed by atoms with Crippen LogP contribution in [-0.2, 0) is 4.79 Å². The maximum absolute atomic E-state index is 10.4. The molecule has 0 saturated heterocycles. The van der Waals surface area contributed by atoms with Gasteiger partial charge in [0, 0.05) is 13.8 Å². The van der Waals surface area contributed by atoms with Crippen molar-refractivity contribution < 1.29 is 9.90 Å². The molecule has 0 aliphatic rings. The van der Waals surface area contributed by atoms with E-state index in [1.807, 2.05) is 0 Å². The molecule has 0 aliphatic carbocycles. The minimum atomic E-state index is -0.650. The average Bonchev–Trinajstić information content (AvgIpc) is 2.68. The standard InChI is InChI=1S/C26H52O2.C/c1-2-3-4-5-6-7-8-9-10-11-12-13-14-15-16-17-18-19-20-21-22-23-24-25-26(27)28;/h2-25H2,1H3,(H,27,28);. The molecule has 1 N–H and O–H groups in total. The molecule has 0 saturated carbocycles. The molecule has 0 fully saturated rings. The Morgan fingerprint density at radius 2 is 0.655 bits per heavy atom. The summed E-state index contributed by atoms with van der Waals surface area (Å²) in [6.45, 7) is 2.29. The second-order valence-electron chi connectivity index (χ2n) is 8.92. The molecule has 0 heterocycles. The molecule has 0 aromatic rings. The van der Waals surface area contributed by atoms with Gasteiger partial charge in [0.05, 0.1) is 0 Å². The molecule has 0 amide bonds. The molecule has 29 heavy (non-hydrogen) atoms. The molecule has 0 unspecified atom stereocenters. The van der Waals surface area contributed by atoms with E-state index in [-0.39, 0.29) is 7.43 Å². The van der Waals surface area contributed by atoms with Crippen LogP contribution in [0.1, 0.15) is 161 Å². The van der Waals surface area contributed by atoms with E-state index in [2.05, 4.69) is 6.92 Å². The summed E-state index contributed by atoms with van der Waals surface area (Å²) in [5, 5.41) is 8.59. The molecule has 2 heteroatoms. The van der Waals surface area contributed by atoms with E-state index in [0.29, 0.717) is 6.42 Å². The van der Waals surface area contributed by atoms with Gasteiger partial charge >= 0.3 is 5.97 Å². The van der Waals surface area contributed by atoms with Crippen molar-refractivity contribution in [2.24, 2.45) is 0 Å². The van der Waals surface area contributed by atoms with Crippen LogP contribution < -0.4 is 0 Å². The van der Waals surface area contributed by atoms with Crippen LogP contribution in [0.15, 0.2) is 0 Å². The van der Waals surface area contributed by atoms with Crippen molar-refractivity contribution >= 4 is 5.97 Å². The maximum atomic E-state index is 10.4. The highest BCUT2D eigenvalue weighted by molar-refractivity contribution is 5.66. The number of carboxylic acid groups (broad SMARTS) is 1. The van der Waals surface area contributed by atoms with Crippen molar-refractivity contribution in [2.75, 3.05) is 0 Å². The average molecular weight is 409 g/mol. The Hall–Kier alpha value is -0.530. The third-order valence-corrected chi connectivity index (χ3v) is 5.99. The Morgan fingerprint density at radius 3 is 0.862 bits per heavy atom. The van der Waals surface area contributed by atoms with Gasteiger partial charge in [-0.3, -0.25) is 4.79 Å². The molecular formula is C27H52O2. The highest BCUT2D eigenvalue weighted by Crippen LogP contribution is 2.15. The summed E-state index contributed by atoms with van der Waals surface area (Å²) in [4.78, 5) is 10.4. The Labute approximate surface area is 184 Å². The van der Waals surface area contributed by atoms with Crippen molar-refractivity contribution in [3.05, 3.63) is 7.43 Å². The lowest BCUT2D eigenvalue weighted by Gasteiger charge is -2.04. The van der Waals surface area contributed by atoms with Crippen LogP contribution in [0.25, 0.3) is 0 Å². The molecule has 4 radical (unpaired) electrons. The minimum absolute atomic E-state index is 0. The van der Waals surface area contributed by atoms with Crippen LogP contribution in [0.4, 0.5) is 0 Å². The molecule has 0 spiro atoms. The van der Waals surface area contributed by atoms with E-state index in [9.17, 15) is 4.79 Å². The Balaban J connectivity index is 0. The summed E-state index contributed by atoms with van der Waals surface area (Å²) in [6.07, 6.45) is 32.0. The summed E-state index contributed by atoms with van der Waals surface area (Å²) < 4.78 is 0. The first-order valence-corrected chi connectivity index (χ1v) is 13.0. The SMILES string of the molecule is CCCCCCCCCCCCCCCCCCCCCCCCCC(=O)O.[C]. The molecule has 172 valence electrons. The second-order valence-corrected chi connectivity index (χ2v) is 8.92.